The van der Waals surface area contributed by atoms with E-state index in [9.17, 15) is 13.2 Å². The van der Waals surface area contributed by atoms with E-state index in [-0.39, 0.29) is 12.1 Å². The molecular weight excluding hydrogens is 231 g/mol. The minimum Gasteiger partial charge on any atom is -0.486 e. The van der Waals surface area contributed by atoms with E-state index in [2.05, 4.69) is 5.32 Å². The average molecular weight is 245 g/mol. The fourth-order valence-electron chi connectivity index (χ4n) is 1.96. The van der Waals surface area contributed by atoms with Crippen LogP contribution in [0.3, 0.4) is 0 Å². The predicted octanol–water partition coefficient (Wildman–Crippen LogP) is 3.68. The molecule has 2 unspecified atom stereocenters. The lowest BCUT2D eigenvalue weighted by molar-refractivity contribution is -0.137. The number of halogens is 3. The van der Waals surface area contributed by atoms with Gasteiger partial charge in [-0.25, -0.2) is 0 Å². The van der Waals surface area contributed by atoms with Crippen molar-refractivity contribution in [2.75, 3.05) is 5.32 Å². The van der Waals surface area contributed by atoms with Gasteiger partial charge in [0.25, 0.3) is 0 Å². The molecule has 0 bridgehead atoms. The number of hydrogen-bond acceptors (Lipinski definition) is 2. The van der Waals surface area contributed by atoms with Gasteiger partial charge in [-0.05, 0) is 31.5 Å². The summed E-state index contributed by atoms with van der Waals surface area (Å²) in [6.45, 7) is 3.88. The molecule has 0 amide bonds. The molecule has 0 saturated carbocycles. The van der Waals surface area contributed by atoms with Crippen LogP contribution in [0, 0.1) is 0 Å². The van der Waals surface area contributed by atoms with Crippen molar-refractivity contribution in [1.29, 1.82) is 0 Å². The first-order valence-corrected chi connectivity index (χ1v) is 5.56. The van der Waals surface area contributed by atoms with Crippen LogP contribution < -0.4 is 10.1 Å². The number of fused-ring (bicyclic) bond motifs is 1. The van der Waals surface area contributed by atoms with E-state index in [1.807, 2.05) is 13.8 Å². The van der Waals surface area contributed by atoms with Crippen LogP contribution in [0.25, 0.3) is 0 Å². The van der Waals surface area contributed by atoms with Crippen molar-refractivity contribution in [1.82, 2.24) is 0 Å². The van der Waals surface area contributed by atoms with Crippen molar-refractivity contribution in [2.24, 2.45) is 0 Å². The highest BCUT2D eigenvalue weighted by Gasteiger charge is 2.33. The highest BCUT2D eigenvalue weighted by molar-refractivity contribution is 5.60. The van der Waals surface area contributed by atoms with Crippen LogP contribution in [0.15, 0.2) is 18.2 Å². The van der Waals surface area contributed by atoms with Gasteiger partial charge in [0.15, 0.2) is 0 Å². The maximum Gasteiger partial charge on any atom is 0.416 e. The molecule has 0 fully saturated rings. The van der Waals surface area contributed by atoms with Crippen LogP contribution in [0.1, 0.15) is 25.8 Å². The second kappa shape index (κ2) is 4.13. The molecule has 0 radical (unpaired) electrons. The van der Waals surface area contributed by atoms with Gasteiger partial charge in [-0.1, -0.05) is 6.92 Å². The molecule has 2 nitrogen and oxygen atoms in total. The molecular formula is C12H14F3NO. The van der Waals surface area contributed by atoms with Crippen molar-refractivity contribution in [3.8, 4) is 5.75 Å². The number of anilines is 1. The second-order valence-electron chi connectivity index (χ2n) is 4.21. The number of ether oxygens (including phenoxy) is 1. The zero-order chi connectivity index (χ0) is 12.6. The second-order valence-corrected chi connectivity index (χ2v) is 4.21. The van der Waals surface area contributed by atoms with E-state index >= 15 is 0 Å². The molecule has 1 heterocycles. The Labute approximate surface area is 97.8 Å². The number of hydrogen-bond donors (Lipinski definition) is 1. The topological polar surface area (TPSA) is 21.3 Å². The molecule has 0 spiro atoms. The summed E-state index contributed by atoms with van der Waals surface area (Å²) in [6, 6.07) is 3.52. The van der Waals surface area contributed by atoms with Gasteiger partial charge in [0.1, 0.15) is 11.9 Å². The van der Waals surface area contributed by atoms with Crippen LogP contribution in [0.5, 0.6) is 5.75 Å². The fraction of sp³-hybridized carbons (Fsp3) is 0.500. The lowest BCUT2D eigenvalue weighted by Crippen LogP contribution is -2.38. The van der Waals surface area contributed by atoms with Crippen molar-refractivity contribution < 1.29 is 17.9 Å². The lowest BCUT2D eigenvalue weighted by atomic mass is 10.1. The first kappa shape index (κ1) is 12.1. The molecule has 17 heavy (non-hydrogen) atoms. The maximum absolute atomic E-state index is 12.5. The van der Waals surface area contributed by atoms with Gasteiger partial charge in [0.2, 0.25) is 0 Å². The molecule has 1 N–H and O–H groups in total. The van der Waals surface area contributed by atoms with Gasteiger partial charge in [0.05, 0.1) is 17.3 Å². The number of rotatable bonds is 1. The van der Waals surface area contributed by atoms with Crippen LogP contribution in [-0.4, -0.2) is 12.1 Å². The summed E-state index contributed by atoms with van der Waals surface area (Å²) in [5, 5.41) is 3.05. The van der Waals surface area contributed by atoms with Gasteiger partial charge < -0.3 is 10.1 Å². The number of nitrogens with one attached hydrogen (secondary N) is 1. The van der Waals surface area contributed by atoms with Crippen LogP contribution in [0.4, 0.5) is 18.9 Å². The molecule has 0 aromatic heterocycles. The third-order valence-electron chi connectivity index (χ3n) is 2.93. The SMILES string of the molecule is CCC1Oc2ccc(C(F)(F)F)cc2NC1C. The highest BCUT2D eigenvalue weighted by Crippen LogP contribution is 2.38. The molecule has 0 saturated heterocycles. The molecule has 2 rings (SSSR count). The average Bonchev–Trinajstić information content (AvgIpc) is 2.26. The van der Waals surface area contributed by atoms with Crippen molar-refractivity contribution in [3.05, 3.63) is 23.8 Å². The van der Waals surface area contributed by atoms with Crippen molar-refractivity contribution in [2.45, 2.75) is 38.6 Å². The minimum atomic E-state index is -4.32. The standard InChI is InChI=1S/C12H14F3NO/c1-3-10-7(2)16-9-6-8(12(13,14)15)4-5-11(9)17-10/h4-7,10,16H,3H2,1-2H3. The van der Waals surface area contributed by atoms with E-state index < -0.39 is 11.7 Å². The summed E-state index contributed by atoms with van der Waals surface area (Å²) in [5.74, 6) is 0.489. The van der Waals surface area contributed by atoms with Gasteiger partial charge >= 0.3 is 6.18 Å². The summed E-state index contributed by atoms with van der Waals surface area (Å²) in [7, 11) is 0. The Kier molecular flexibility index (Phi) is 2.93. The van der Waals surface area contributed by atoms with Gasteiger partial charge in [-0.2, -0.15) is 13.2 Å². The van der Waals surface area contributed by atoms with E-state index in [1.54, 1.807) is 0 Å². The molecule has 1 aromatic carbocycles. The zero-order valence-corrected chi connectivity index (χ0v) is 9.64. The molecule has 5 heteroatoms. The first-order chi connectivity index (χ1) is 7.91. The van der Waals surface area contributed by atoms with E-state index in [4.69, 9.17) is 4.74 Å². The monoisotopic (exact) mass is 245 g/mol. The molecule has 0 aliphatic carbocycles. The molecule has 94 valence electrons. The maximum atomic E-state index is 12.5. The normalized spacial score (nSPS) is 23.6. The zero-order valence-electron chi connectivity index (χ0n) is 9.64. The van der Waals surface area contributed by atoms with Crippen LogP contribution in [0.2, 0.25) is 0 Å². The first-order valence-electron chi connectivity index (χ1n) is 5.56. The number of benzene rings is 1. The predicted molar refractivity (Wildman–Crippen MR) is 59.2 cm³/mol. The van der Waals surface area contributed by atoms with E-state index in [0.717, 1.165) is 18.6 Å². The summed E-state index contributed by atoms with van der Waals surface area (Å²) in [4.78, 5) is 0. The Morgan fingerprint density at radius 3 is 2.65 bits per heavy atom. The Balaban J connectivity index is 2.33. The third-order valence-corrected chi connectivity index (χ3v) is 2.93. The smallest absolute Gasteiger partial charge is 0.416 e. The Morgan fingerprint density at radius 1 is 1.35 bits per heavy atom. The van der Waals surface area contributed by atoms with Gasteiger partial charge in [0, 0.05) is 0 Å². The quantitative estimate of drug-likeness (QED) is 0.815. The van der Waals surface area contributed by atoms with E-state index in [1.165, 1.54) is 6.07 Å². The molecule has 1 aromatic rings. The summed E-state index contributed by atoms with van der Waals surface area (Å²) < 4.78 is 43.2. The van der Waals surface area contributed by atoms with Gasteiger partial charge in [-0.15, -0.1) is 0 Å². The third kappa shape index (κ3) is 2.33. The summed E-state index contributed by atoms with van der Waals surface area (Å²) >= 11 is 0. The number of alkyl halides is 3. The van der Waals surface area contributed by atoms with Crippen molar-refractivity contribution in [3.63, 3.8) is 0 Å². The lowest BCUT2D eigenvalue weighted by Gasteiger charge is -2.32. The van der Waals surface area contributed by atoms with Gasteiger partial charge in [-0.3, -0.25) is 0 Å². The molecule has 1 aliphatic rings. The molecule has 1 aliphatic heterocycles. The fourth-order valence-corrected chi connectivity index (χ4v) is 1.96. The van der Waals surface area contributed by atoms with Crippen LogP contribution >= 0.6 is 0 Å². The largest absolute Gasteiger partial charge is 0.486 e. The summed E-state index contributed by atoms with van der Waals surface area (Å²) in [5.41, 5.74) is -0.244. The Bertz CT molecular complexity index is 417. The summed E-state index contributed by atoms with van der Waals surface area (Å²) in [6.07, 6.45) is -3.50. The van der Waals surface area contributed by atoms with Crippen molar-refractivity contribution >= 4 is 5.69 Å². The Morgan fingerprint density at radius 2 is 2.06 bits per heavy atom. The van der Waals surface area contributed by atoms with Crippen LogP contribution in [-0.2, 0) is 6.18 Å². The highest BCUT2D eigenvalue weighted by atomic mass is 19.4. The molecule has 2 atom stereocenters. The Hall–Kier alpha value is -1.39. The van der Waals surface area contributed by atoms with E-state index in [0.29, 0.717) is 11.4 Å². The minimum absolute atomic E-state index is 0.000707.